The molecule has 5 nitrogen and oxygen atoms in total. The number of carbonyl (C=O) groups excluding carboxylic acids is 2. The van der Waals surface area contributed by atoms with E-state index in [2.05, 4.69) is 5.32 Å². The molecule has 1 saturated heterocycles. The van der Waals surface area contributed by atoms with Gasteiger partial charge in [0, 0.05) is 5.92 Å². The molecule has 3 rings (SSSR count). The monoisotopic (exact) mass is 425 g/mol. The van der Waals surface area contributed by atoms with Crippen LogP contribution in [0.2, 0.25) is 0 Å². The Morgan fingerprint density at radius 3 is 2.45 bits per heavy atom. The number of imide groups is 1. The number of amides is 2. The topological polar surface area (TPSA) is 75.6 Å². The average Bonchev–Trinajstić information content (AvgIpc) is 3.00. The highest BCUT2D eigenvalue weighted by Crippen LogP contribution is 2.31. The molecule has 2 atom stereocenters. The number of aliphatic hydroxyl groups excluding tert-OH is 1. The molecule has 2 N–H and O–H groups in total. The lowest BCUT2D eigenvalue weighted by atomic mass is 9.98. The van der Waals surface area contributed by atoms with Gasteiger partial charge in [-0.15, -0.1) is 0 Å². The zero-order chi connectivity index (χ0) is 21.0. The first-order chi connectivity index (χ1) is 13.8. The summed E-state index contributed by atoms with van der Waals surface area (Å²) in [5.74, 6) is -0.437. The van der Waals surface area contributed by atoms with Crippen molar-refractivity contribution in [1.29, 1.82) is 0 Å². The lowest BCUT2D eigenvalue weighted by molar-refractivity contribution is -0.137. The zero-order valence-corrected chi connectivity index (χ0v) is 15.9. The van der Waals surface area contributed by atoms with E-state index < -0.39 is 22.9 Å². The third-order valence-electron chi connectivity index (χ3n) is 4.47. The van der Waals surface area contributed by atoms with Gasteiger partial charge in [-0.05, 0) is 35.7 Å². The molecule has 2 amide bonds. The number of halogens is 3. The van der Waals surface area contributed by atoms with Gasteiger partial charge in [0.1, 0.15) is 5.75 Å². The SMILES string of the molecule is O=C1NC(=O)C(Cc2ccc(OCC(CO)c3cccc(C(F)(F)F)c3)cc2)S1. The van der Waals surface area contributed by atoms with Crippen molar-refractivity contribution in [3.05, 3.63) is 65.2 Å². The summed E-state index contributed by atoms with van der Waals surface area (Å²) in [6.07, 6.45) is -4.06. The first-order valence-electron chi connectivity index (χ1n) is 8.77. The van der Waals surface area contributed by atoms with Crippen molar-refractivity contribution in [2.45, 2.75) is 23.8 Å². The summed E-state index contributed by atoms with van der Waals surface area (Å²) in [7, 11) is 0. The van der Waals surface area contributed by atoms with Crippen molar-refractivity contribution >= 4 is 22.9 Å². The Bertz CT molecular complexity index is 886. The van der Waals surface area contributed by atoms with Gasteiger partial charge in [-0.1, -0.05) is 42.1 Å². The van der Waals surface area contributed by atoms with Gasteiger partial charge in [-0.2, -0.15) is 13.2 Å². The Labute approximate surface area is 169 Å². The predicted molar refractivity (Wildman–Crippen MR) is 102 cm³/mol. The van der Waals surface area contributed by atoms with Gasteiger partial charge in [0.2, 0.25) is 5.91 Å². The largest absolute Gasteiger partial charge is 0.493 e. The van der Waals surface area contributed by atoms with Gasteiger partial charge in [-0.25, -0.2) is 0 Å². The van der Waals surface area contributed by atoms with E-state index >= 15 is 0 Å². The van der Waals surface area contributed by atoms with Crippen LogP contribution in [0.25, 0.3) is 0 Å². The van der Waals surface area contributed by atoms with E-state index in [1.165, 1.54) is 12.1 Å². The lowest BCUT2D eigenvalue weighted by Gasteiger charge is -2.17. The number of carbonyl (C=O) groups is 2. The maximum atomic E-state index is 12.9. The van der Waals surface area contributed by atoms with E-state index in [9.17, 15) is 27.9 Å². The summed E-state index contributed by atoms with van der Waals surface area (Å²) >= 11 is 0.952. The Kier molecular flexibility index (Phi) is 6.49. The first kappa shape index (κ1) is 21.2. The van der Waals surface area contributed by atoms with E-state index in [1.54, 1.807) is 24.3 Å². The second kappa shape index (κ2) is 8.87. The second-order valence-corrected chi connectivity index (χ2v) is 7.72. The molecule has 0 aliphatic carbocycles. The standard InChI is InChI=1S/C20H18F3NO4S/c21-20(22,23)15-3-1-2-13(9-15)14(10-25)11-28-16-6-4-12(5-7-16)8-17-18(26)24-19(27)29-17/h1-7,9,14,17,25H,8,10-11H2,(H,24,26,27). The highest BCUT2D eigenvalue weighted by molar-refractivity contribution is 8.15. The number of hydrogen-bond donors (Lipinski definition) is 2. The van der Waals surface area contributed by atoms with E-state index in [-0.39, 0.29) is 24.4 Å². The quantitative estimate of drug-likeness (QED) is 0.707. The molecular weight excluding hydrogens is 407 g/mol. The minimum atomic E-state index is -4.45. The molecule has 1 aliphatic heterocycles. The van der Waals surface area contributed by atoms with Crippen molar-refractivity contribution in [2.75, 3.05) is 13.2 Å². The van der Waals surface area contributed by atoms with Crippen molar-refractivity contribution in [1.82, 2.24) is 5.32 Å². The maximum absolute atomic E-state index is 12.9. The number of benzene rings is 2. The van der Waals surface area contributed by atoms with Gasteiger partial charge in [0.15, 0.2) is 0 Å². The predicted octanol–water partition coefficient (Wildman–Crippen LogP) is 3.75. The number of ether oxygens (including phenoxy) is 1. The molecule has 9 heteroatoms. The van der Waals surface area contributed by atoms with Gasteiger partial charge >= 0.3 is 6.18 Å². The number of aliphatic hydroxyl groups is 1. The van der Waals surface area contributed by atoms with Crippen LogP contribution >= 0.6 is 11.8 Å². The molecule has 29 heavy (non-hydrogen) atoms. The Morgan fingerprint density at radius 2 is 1.86 bits per heavy atom. The number of hydrogen-bond acceptors (Lipinski definition) is 5. The minimum absolute atomic E-state index is 0.00649. The highest BCUT2D eigenvalue weighted by atomic mass is 32.2. The fourth-order valence-electron chi connectivity index (χ4n) is 2.88. The summed E-state index contributed by atoms with van der Waals surface area (Å²) in [5.41, 5.74) is 0.411. The average molecular weight is 425 g/mol. The normalized spacial score (nSPS) is 17.9. The number of thioether (sulfide) groups is 1. The molecule has 2 aromatic rings. The molecule has 2 unspecified atom stereocenters. The van der Waals surface area contributed by atoms with Crippen LogP contribution in [0.15, 0.2) is 48.5 Å². The fraction of sp³-hybridized carbons (Fsp3) is 0.300. The summed E-state index contributed by atoms with van der Waals surface area (Å²) in [6, 6.07) is 11.7. The van der Waals surface area contributed by atoms with Crippen molar-refractivity contribution in [3.8, 4) is 5.75 Å². The van der Waals surface area contributed by atoms with Gasteiger partial charge in [0.05, 0.1) is 24.0 Å². The van der Waals surface area contributed by atoms with Gasteiger partial charge < -0.3 is 9.84 Å². The molecule has 0 saturated carbocycles. The summed E-state index contributed by atoms with van der Waals surface area (Å²) in [4.78, 5) is 22.8. The van der Waals surface area contributed by atoms with E-state index in [1.807, 2.05) is 0 Å². The second-order valence-electron chi connectivity index (χ2n) is 6.54. The van der Waals surface area contributed by atoms with E-state index in [0.717, 1.165) is 29.5 Å². The molecule has 154 valence electrons. The van der Waals surface area contributed by atoms with Crippen LogP contribution in [-0.4, -0.2) is 34.7 Å². The van der Waals surface area contributed by atoms with Crippen LogP contribution in [0.4, 0.5) is 18.0 Å². The van der Waals surface area contributed by atoms with Crippen molar-refractivity contribution in [3.63, 3.8) is 0 Å². The zero-order valence-electron chi connectivity index (χ0n) is 15.1. The molecule has 2 aromatic carbocycles. The van der Waals surface area contributed by atoms with Crippen LogP contribution in [0.1, 0.15) is 22.6 Å². The van der Waals surface area contributed by atoms with E-state index in [4.69, 9.17) is 4.74 Å². The molecule has 0 bridgehead atoms. The number of rotatable bonds is 7. The smallest absolute Gasteiger partial charge is 0.416 e. The minimum Gasteiger partial charge on any atom is -0.493 e. The molecule has 1 aliphatic rings. The van der Waals surface area contributed by atoms with Crippen LogP contribution < -0.4 is 10.1 Å². The maximum Gasteiger partial charge on any atom is 0.416 e. The molecular formula is C20H18F3NO4S. The third kappa shape index (κ3) is 5.51. The summed E-state index contributed by atoms with van der Waals surface area (Å²) < 4.78 is 44.3. The highest BCUT2D eigenvalue weighted by Gasteiger charge is 2.32. The first-order valence-corrected chi connectivity index (χ1v) is 9.65. The van der Waals surface area contributed by atoms with Crippen molar-refractivity contribution in [2.24, 2.45) is 0 Å². The number of nitrogens with one attached hydrogen (secondary N) is 1. The number of alkyl halides is 3. The van der Waals surface area contributed by atoms with Crippen LogP contribution in [-0.2, 0) is 17.4 Å². The van der Waals surface area contributed by atoms with Crippen LogP contribution in [0, 0.1) is 0 Å². The fourth-order valence-corrected chi connectivity index (χ4v) is 3.74. The Hall–Kier alpha value is -2.52. The summed E-state index contributed by atoms with van der Waals surface area (Å²) in [5, 5.41) is 11.0. The third-order valence-corrected chi connectivity index (χ3v) is 5.45. The Morgan fingerprint density at radius 1 is 1.14 bits per heavy atom. The van der Waals surface area contributed by atoms with E-state index in [0.29, 0.717) is 17.7 Å². The molecule has 1 heterocycles. The van der Waals surface area contributed by atoms with Crippen LogP contribution in [0.5, 0.6) is 5.75 Å². The molecule has 0 spiro atoms. The van der Waals surface area contributed by atoms with Crippen molar-refractivity contribution < 1.29 is 32.6 Å². The molecule has 1 fully saturated rings. The van der Waals surface area contributed by atoms with Gasteiger partial charge in [-0.3, -0.25) is 14.9 Å². The molecule has 0 aromatic heterocycles. The van der Waals surface area contributed by atoms with Crippen LogP contribution in [0.3, 0.4) is 0 Å². The van der Waals surface area contributed by atoms with Gasteiger partial charge in [0.25, 0.3) is 5.24 Å². The lowest BCUT2D eigenvalue weighted by Crippen LogP contribution is -2.25. The Balaban J connectivity index is 1.60. The molecule has 0 radical (unpaired) electrons. The summed E-state index contributed by atoms with van der Waals surface area (Å²) in [6.45, 7) is -0.353.